The van der Waals surface area contributed by atoms with E-state index >= 15 is 0 Å². The Kier molecular flexibility index (Phi) is 2.16. The van der Waals surface area contributed by atoms with E-state index in [1.807, 2.05) is 0 Å². The van der Waals surface area contributed by atoms with E-state index in [1.165, 1.54) is 0 Å². The van der Waals surface area contributed by atoms with E-state index in [0.717, 1.165) is 0 Å². The van der Waals surface area contributed by atoms with Crippen LogP contribution in [0.2, 0.25) is 0 Å². The van der Waals surface area contributed by atoms with Gasteiger partial charge in [0.05, 0.1) is 5.92 Å². The zero-order chi connectivity index (χ0) is 8.48. The molecule has 0 aromatic heterocycles. The summed E-state index contributed by atoms with van der Waals surface area (Å²) in [5.74, 6) is -1.08. The fraction of sp³-hybridized carbons (Fsp3) is 0.875. The van der Waals surface area contributed by atoms with Crippen LogP contribution in [0.3, 0.4) is 0 Å². The highest BCUT2D eigenvalue weighted by Gasteiger charge is 2.33. The second-order valence-electron chi connectivity index (χ2n) is 3.53. The first-order chi connectivity index (χ1) is 5.01. The Balaban J connectivity index is 2.42. The first-order valence-electron chi connectivity index (χ1n) is 3.93. The summed E-state index contributed by atoms with van der Waals surface area (Å²) in [7, 11) is 0. The number of carboxylic acids is 1. The van der Waals surface area contributed by atoms with Crippen molar-refractivity contribution in [1.82, 2.24) is 0 Å². The molecule has 1 rings (SSSR count). The van der Waals surface area contributed by atoms with Crippen molar-refractivity contribution in [2.24, 2.45) is 5.92 Å². The summed E-state index contributed by atoms with van der Waals surface area (Å²) >= 11 is 0. The Morgan fingerprint density at radius 1 is 1.55 bits per heavy atom. The molecule has 0 bridgehead atoms. The van der Waals surface area contributed by atoms with E-state index in [9.17, 15) is 9.18 Å². The van der Waals surface area contributed by atoms with Gasteiger partial charge in [0.15, 0.2) is 0 Å². The van der Waals surface area contributed by atoms with Crippen LogP contribution in [0, 0.1) is 5.92 Å². The molecule has 0 amide bonds. The summed E-state index contributed by atoms with van der Waals surface area (Å²) in [6.45, 7) is 1.55. The second kappa shape index (κ2) is 2.80. The number of aliphatic carboxylic acids is 1. The molecule has 0 aliphatic heterocycles. The lowest BCUT2D eigenvalue weighted by Crippen LogP contribution is -2.29. The number of carboxylic acid groups (broad SMARTS) is 1. The molecule has 0 radical (unpaired) electrons. The summed E-state index contributed by atoms with van der Waals surface area (Å²) in [4.78, 5) is 10.4. The molecule has 0 spiro atoms. The minimum Gasteiger partial charge on any atom is -0.481 e. The zero-order valence-electron chi connectivity index (χ0n) is 6.64. The van der Waals surface area contributed by atoms with Gasteiger partial charge in [0.1, 0.15) is 5.67 Å². The van der Waals surface area contributed by atoms with Crippen molar-refractivity contribution in [3.8, 4) is 0 Å². The largest absolute Gasteiger partial charge is 0.481 e. The molecular weight excluding hydrogens is 147 g/mol. The smallest absolute Gasteiger partial charge is 0.306 e. The summed E-state index contributed by atoms with van der Waals surface area (Å²) in [5, 5.41) is 8.59. The molecule has 0 heterocycles. The SMILES string of the molecule is CC1(F)CCC(C(=O)O)CC1. The highest BCUT2D eigenvalue weighted by molar-refractivity contribution is 5.70. The third-order valence-corrected chi connectivity index (χ3v) is 2.38. The maximum atomic E-state index is 13.1. The summed E-state index contributed by atoms with van der Waals surface area (Å²) in [6.07, 6.45) is 1.76. The third kappa shape index (κ3) is 2.17. The highest BCUT2D eigenvalue weighted by Crippen LogP contribution is 2.34. The quantitative estimate of drug-likeness (QED) is 0.636. The van der Waals surface area contributed by atoms with Crippen molar-refractivity contribution in [3.63, 3.8) is 0 Å². The van der Waals surface area contributed by atoms with Crippen LogP contribution in [0.5, 0.6) is 0 Å². The molecule has 1 N–H and O–H groups in total. The number of alkyl halides is 1. The van der Waals surface area contributed by atoms with Gasteiger partial charge in [-0.2, -0.15) is 0 Å². The molecule has 1 aliphatic carbocycles. The van der Waals surface area contributed by atoms with Gasteiger partial charge >= 0.3 is 5.97 Å². The van der Waals surface area contributed by atoms with Crippen molar-refractivity contribution in [1.29, 1.82) is 0 Å². The van der Waals surface area contributed by atoms with E-state index in [4.69, 9.17) is 5.11 Å². The van der Waals surface area contributed by atoms with Crippen molar-refractivity contribution >= 4 is 5.97 Å². The molecule has 0 atom stereocenters. The average Bonchev–Trinajstić information content (AvgIpc) is 1.86. The lowest BCUT2D eigenvalue weighted by atomic mass is 9.81. The molecule has 3 heteroatoms. The van der Waals surface area contributed by atoms with Crippen molar-refractivity contribution in [2.45, 2.75) is 38.3 Å². The van der Waals surface area contributed by atoms with Crippen LogP contribution in [-0.4, -0.2) is 16.7 Å². The van der Waals surface area contributed by atoms with Gasteiger partial charge < -0.3 is 5.11 Å². The van der Waals surface area contributed by atoms with E-state index in [-0.39, 0.29) is 5.92 Å². The fourth-order valence-corrected chi connectivity index (χ4v) is 1.47. The van der Waals surface area contributed by atoms with E-state index in [2.05, 4.69) is 0 Å². The van der Waals surface area contributed by atoms with Crippen molar-refractivity contribution in [2.75, 3.05) is 0 Å². The van der Waals surface area contributed by atoms with Crippen LogP contribution in [0.1, 0.15) is 32.6 Å². The number of carbonyl (C=O) groups is 1. The molecular formula is C8H13FO2. The van der Waals surface area contributed by atoms with Crippen LogP contribution in [-0.2, 0) is 4.79 Å². The predicted octanol–water partition coefficient (Wildman–Crippen LogP) is 1.99. The minimum atomic E-state index is -1.12. The first kappa shape index (κ1) is 8.50. The lowest BCUT2D eigenvalue weighted by molar-refractivity contribution is -0.143. The topological polar surface area (TPSA) is 37.3 Å². The highest BCUT2D eigenvalue weighted by atomic mass is 19.1. The number of rotatable bonds is 1. The van der Waals surface area contributed by atoms with E-state index in [0.29, 0.717) is 25.7 Å². The van der Waals surface area contributed by atoms with Crippen LogP contribution < -0.4 is 0 Å². The molecule has 0 unspecified atom stereocenters. The summed E-state index contributed by atoms with van der Waals surface area (Å²) in [5.41, 5.74) is -1.12. The van der Waals surface area contributed by atoms with Crippen LogP contribution in [0.15, 0.2) is 0 Å². The summed E-state index contributed by atoms with van der Waals surface area (Å²) in [6, 6.07) is 0. The number of halogens is 1. The molecule has 1 saturated carbocycles. The number of hydrogen-bond acceptors (Lipinski definition) is 1. The van der Waals surface area contributed by atoms with Gasteiger partial charge in [-0.3, -0.25) is 4.79 Å². The standard InChI is InChI=1S/C8H13FO2/c1-8(9)4-2-6(3-5-8)7(10)11/h6H,2-5H2,1H3,(H,10,11). The molecule has 0 saturated heterocycles. The molecule has 1 aliphatic rings. The zero-order valence-corrected chi connectivity index (χ0v) is 6.64. The Labute approximate surface area is 65.4 Å². The molecule has 0 aromatic carbocycles. The van der Waals surface area contributed by atoms with Gasteiger partial charge in [-0.25, -0.2) is 4.39 Å². The van der Waals surface area contributed by atoms with Crippen molar-refractivity contribution in [3.05, 3.63) is 0 Å². The molecule has 64 valence electrons. The fourth-order valence-electron chi connectivity index (χ4n) is 1.47. The molecule has 0 aromatic rings. The molecule has 11 heavy (non-hydrogen) atoms. The predicted molar refractivity (Wildman–Crippen MR) is 39.1 cm³/mol. The van der Waals surface area contributed by atoms with Gasteiger partial charge in [0.2, 0.25) is 0 Å². The Morgan fingerprint density at radius 2 is 2.00 bits per heavy atom. The van der Waals surface area contributed by atoms with Crippen molar-refractivity contribution < 1.29 is 14.3 Å². The lowest BCUT2D eigenvalue weighted by Gasteiger charge is -2.28. The van der Waals surface area contributed by atoms with Gasteiger partial charge in [-0.15, -0.1) is 0 Å². The molecule has 2 nitrogen and oxygen atoms in total. The number of hydrogen-bond donors (Lipinski definition) is 1. The first-order valence-corrected chi connectivity index (χ1v) is 3.93. The average molecular weight is 160 g/mol. The van der Waals surface area contributed by atoms with E-state index < -0.39 is 11.6 Å². The maximum Gasteiger partial charge on any atom is 0.306 e. The Bertz CT molecular complexity index is 155. The normalized spacial score (nSPS) is 38.5. The van der Waals surface area contributed by atoms with Crippen LogP contribution in [0.25, 0.3) is 0 Å². The molecule has 1 fully saturated rings. The van der Waals surface area contributed by atoms with Crippen LogP contribution >= 0.6 is 0 Å². The summed E-state index contributed by atoms with van der Waals surface area (Å²) < 4.78 is 13.1. The monoisotopic (exact) mass is 160 g/mol. The maximum absolute atomic E-state index is 13.1. The van der Waals surface area contributed by atoms with Gasteiger partial charge in [0, 0.05) is 0 Å². The van der Waals surface area contributed by atoms with E-state index in [1.54, 1.807) is 6.92 Å². The van der Waals surface area contributed by atoms with Gasteiger partial charge in [-0.1, -0.05) is 0 Å². The Morgan fingerprint density at radius 3 is 2.36 bits per heavy atom. The van der Waals surface area contributed by atoms with Crippen LogP contribution in [0.4, 0.5) is 4.39 Å². The Hall–Kier alpha value is -0.600. The third-order valence-electron chi connectivity index (χ3n) is 2.38. The van der Waals surface area contributed by atoms with Gasteiger partial charge in [0.25, 0.3) is 0 Å². The second-order valence-corrected chi connectivity index (χ2v) is 3.53. The van der Waals surface area contributed by atoms with Gasteiger partial charge in [-0.05, 0) is 32.6 Å². The minimum absolute atomic E-state index is 0.307.